The van der Waals surface area contributed by atoms with Gasteiger partial charge in [0.25, 0.3) is 0 Å². The summed E-state index contributed by atoms with van der Waals surface area (Å²) in [4.78, 5) is 20.0. The first kappa shape index (κ1) is 28.6. The maximum Gasteiger partial charge on any atom is 0.226 e. The lowest BCUT2D eigenvalue weighted by molar-refractivity contribution is -0.116. The highest BCUT2D eigenvalue weighted by molar-refractivity contribution is 7.80. The van der Waals surface area contributed by atoms with Crippen LogP contribution in [0.1, 0.15) is 71.7 Å². The van der Waals surface area contributed by atoms with Gasteiger partial charge in [-0.05, 0) is 92.4 Å². The number of rotatable bonds is 9. The van der Waals surface area contributed by atoms with Gasteiger partial charge in [0.15, 0.2) is 5.11 Å². The molecule has 2 aromatic carbocycles. The number of carbonyl (C=O) groups excluding carboxylic acids is 1. The smallest absolute Gasteiger partial charge is 0.226 e. The van der Waals surface area contributed by atoms with Crippen molar-refractivity contribution >= 4 is 28.9 Å². The number of anilines is 1. The van der Waals surface area contributed by atoms with Crippen LogP contribution >= 0.6 is 12.2 Å². The molecule has 1 saturated heterocycles. The highest BCUT2D eigenvalue weighted by Gasteiger charge is 2.41. The fourth-order valence-corrected chi connectivity index (χ4v) is 6.46. The molecule has 0 spiro atoms. The molecule has 212 valence electrons. The highest BCUT2D eigenvalue weighted by atomic mass is 32.1. The SMILES string of the molecule is CCc1ccccc1NC(=O)CCN1C(=S)NC(c2ccccn2)C1c1cc(C)n(-c2c(C)cccc2CC)c1C. The van der Waals surface area contributed by atoms with E-state index in [1.165, 1.54) is 33.8 Å². The third kappa shape index (κ3) is 5.64. The Morgan fingerprint density at radius 1 is 0.976 bits per heavy atom. The third-order valence-corrected chi connectivity index (χ3v) is 8.52. The molecule has 3 heterocycles. The van der Waals surface area contributed by atoms with Gasteiger partial charge in [0.05, 0.1) is 23.5 Å². The van der Waals surface area contributed by atoms with E-state index in [2.05, 4.69) is 85.1 Å². The van der Waals surface area contributed by atoms with Crippen molar-refractivity contribution in [3.8, 4) is 5.69 Å². The lowest BCUT2D eigenvalue weighted by Crippen LogP contribution is -2.33. The van der Waals surface area contributed by atoms with Crippen molar-refractivity contribution < 1.29 is 4.79 Å². The molecule has 0 bridgehead atoms. The van der Waals surface area contributed by atoms with E-state index in [9.17, 15) is 4.79 Å². The van der Waals surface area contributed by atoms with Crippen molar-refractivity contribution in [2.45, 2.75) is 66.0 Å². The summed E-state index contributed by atoms with van der Waals surface area (Å²) in [6, 6.07) is 22.5. The summed E-state index contributed by atoms with van der Waals surface area (Å²) >= 11 is 5.90. The summed E-state index contributed by atoms with van der Waals surface area (Å²) in [7, 11) is 0. The largest absolute Gasteiger partial charge is 0.352 e. The monoisotopic (exact) mass is 565 g/mol. The van der Waals surface area contributed by atoms with E-state index in [4.69, 9.17) is 17.2 Å². The summed E-state index contributed by atoms with van der Waals surface area (Å²) in [5.41, 5.74) is 10.3. The van der Waals surface area contributed by atoms with Crippen molar-refractivity contribution in [3.05, 3.63) is 112 Å². The number of amides is 1. The van der Waals surface area contributed by atoms with E-state index in [0.717, 1.165) is 29.8 Å². The lowest BCUT2D eigenvalue weighted by Gasteiger charge is -2.28. The average Bonchev–Trinajstić information content (AvgIpc) is 3.46. The van der Waals surface area contributed by atoms with Crippen LogP contribution in [0.4, 0.5) is 5.69 Å². The molecule has 1 amide bonds. The quantitative estimate of drug-likeness (QED) is 0.216. The van der Waals surface area contributed by atoms with Gasteiger partial charge in [-0.15, -0.1) is 0 Å². The summed E-state index contributed by atoms with van der Waals surface area (Å²) < 4.78 is 2.38. The number of aryl methyl sites for hydroxylation is 4. The number of hydrogen-bond acceptors (Lipinski definition) is 3. The Morgan fingerprint density at radius 3 is 2.44 bits per heavy atom. The topological polar surface area (TPSA) is 62.2 Å². The molecule has 7 heteroatoms. The Balaban J connectivity index is 1.50. The molecule has 4 aromatic rings. The van der Waals surface area contributed by atoms with Crippen LogP contribution in [0.3, 0.4) is 0 Å². The molecule has 1 aliphatic heterocycles. The van der Waals surface area contributed by atoms with Crippen molar-refractivity contribution in [1.82, 2.24) is 19.8 Å². The molecule has 2 atom stereocenters. The van der Waals surface area contributed by atoms with Crippen LogP contribution in [0.5, 0.6) is 0 Å². The van der Waals surface area contributed by atoms with Crippen LogP contribution in [0.2, 0.25) is 0 Å². The van der Waals surface area contributed by atoms with E-state index in [-0.39, 0.29) is 18.0 Å². The van der Waals surface area contributed by atoms with Gasteiger partial charge in [-0.1, -0.05) is 56.3 Å². The Bertz CT molecular complexity index is 1560. The number of pyridine rings is 1. The minimum atomic E-state index is -0.135. The molecule has 2 aromatic heterocycles. The standard InChI is InChI=1S/C34H39N5OS/c1-6-25-14-8-9-16-28(25)36-30(40)18-20-38-33(31(37-34(38)41)29-17-10-11-19-35-29)27-21-23(4)39(24(27)5)32-22(3)13-12-15-26(32)7-2/h8-17,19,21,31,33H,6-7,18,20H2,1-5H3,(H,36,40)(H,37,41). The molecular formula is C34H39N5OS. The molecule has 2 N–H and O–H groups in total. The lowest BCUT2D eigenvalue weighted by atomic mass is 9.96. The van der Waals surface area contributed by atoms with Crippen LogP contribution in [-0.2, 0) is 17.6 Å². The molecule has 5 rings (SSSR count). The number of hydrogen-bond donors (Lipinski definition) is 2. The van der Waals surface area contributed by atoms with E-state index in [0.29, 0.717) is 18.1 Å². The molecule has 0 radical (unpaired) electrons. The van der Waals surface area contributed by atoms with Crippen LogP contribution in [0, 0.1) is 20.8 Å². The molecule has 0 aliphatic carbocycles. The number of nitrogens with zero attached hydrogens (tertiary/aromatic N) is 3. The molecular weight excluding hydrogens is 526 g/mol. The van der Waals surface area contributed by atoms with E-state index in [1.807, 2.05) is 42.6 Å². The Hall–Kier alpha value is -3.97. The van der Waals surface area contributed by atoms with Gasteiger partial charge in [0, 0.05) is 36.2 Å². The predicted molar refractivity (Wildman–Crippen MR) is 171 cm³/mol. The van der Waals surface area contributed by atoms with Crippen LogP contribution in [0.25, 0.3) is 5.69 Å². The maximum atomic E-state index is 13.1. The summed E-state index contributed by atoms with van der Waals surface area (Å²) in [5.74, 6) is -0.0216. The average molecular weight is 566 g/mol. The summed E-state index contributed by atoms with van der Waals surface area (Å²) in [6.07, 6.45) is 3.96. The zero-order chi connectivity index (χ0) is 29.1. The van der Waals surface area contributed by atoms with Gasteiger partial charge in [0.1, 0.15) is 0 Å². The van der Waals surface area contributed by atoms with Gasteiger partial charge in [0.2, 0.25) is 5.91 Å². The van der Waals surface area contributed by atoms with Crippen molar-refractivity contribution in [2.75, 3.05) is 11.9 Å². The normalized spacial score (nSPS) is 16.6. The second kappa shape index (κ2) is 12.3. The van der Waals surface area contributed by atoms with Crippen molar-refractivity contribution in [1.29, 1.82) is 0 Å². The number of carbonyl (C=O) groups is 1. The number of benzene rings is 2. The predicted octanol–water partition coefficient (Wildman–Crippen LogP) is 6.92. The third-order valence-electron chi connectivity index (χ3n) is 8.16. The molecule has 2 unspecified atom stereocenters. The maximum absolute atomic E-state index is 13.1. The molecule has 1 fully saturated rings. The van der Waals surface area contributed by atoms with Crippen LogP contribution in [0.15, 0.2) is 72.9 Å². The highest BCUT2D eigenvalue weighted by Crippen LogP contribution is 2.42. The molecule has 6 nitrogen and oxygen atoms in total. The minimum absolute atomic E-state index is 0.0216. The number of thiocarbonyl (C=S) groups is 1. The van der Waals surface area contributed by atoms with Gasteiger partial charge < -0.3 is 20.1 Å². The van der Waals surface area contributed by atoms with Gasteiger partial charge >= 0.3 is 0 Å². The van der Waals surface area contributed by atoms with Crippen LogP contribution < -0.4 is 10.6 Å². The first-order chi connectivity index (χ1) is 19.8. The van der Waals surface area contributed by atoms with E-state index in [1.54, 1.807) is 0 Å². The Morgan fingerprint density at radius 2 is 1.71 bits per heavy atom. The van der Waals surface area contributed by atoms with Gasteiger partial charge in [-0.2, -0.15) is 0 Å². The van der Waals surface area contributed by atoms with Crippen LogP contribution in [-0.4, -0.2) is 32.0 Å². The number of nitrogens with one attached hydrogen (secondary N) is 2. The Kier molecular flexibility index (Phi) is 8.54. The zero-order valence-corrected chi connectivity index (χ0v) is 25.4. The second-order valence-electron chi connectivity index (χ2n) is 10.7. The minimum Gasteiger partial charge on any atom is -0.352 e. The molecule has 0 saturated carbocycles. The summed E-state index contributed by atoms with van der Waals surface area (Å²) in [6.45, 7) is 11.3. The van der Waals surface area contributed by atoms with Crippen molar-refractivity contribution in [3.63, 3.8) is 0 Å². The fourth-order valence-electron chi connectivity index (χ4n) is 6.13. The number of para-hydroxylation sites is 2. The van der Waals surface area contributed by atoms with Crippen molar-refractivity contribution in [2.24, 2.45) is 0 Å². The van der Waals surface area contributed by atoms with Gasteiger partial charge in [-0.3, -0.25) is 9.78 Å². The van der Waals surface area contributed by atoms with Gasteiger partial charge in [-0.25, -0.2) is 0 Å². The molecule has 1 aliphatic rings. The first-order valence-electron chi connectivity index (χ1n) is 14.5. The second-order valence-corrected chi connectivity index (χ2v) is 11.1. The van der Waals surface area contributed by atoms with E-state index >= 15 is 0 Å². The Labute approximate surface area is 248 Å². The first-order valence-corrected chi connectivity index (χ1v) is 14.9. The number of aromatic nitrogens is 2. The summed E-state index contributed by atoms with van der Waals surface area (Å²) in [5, 5.41) is 7.30. The van der Waals surface area contributed by atoms with E-state index < -0.39 is 0 Å². The fraction of sp³-hybridized carbons (Fsp3) is 0.324. The molecule has 41 heavy (non-hydrogen) atoms. The zero-order valence-electron chi connectivity index (χ0n) is 24.6.